The van der Waals surface area contributed by atoms with Crippen molar-refractivity contribution in [3.05, 3.63) is 42.0 Å². The highest BCUT2D eigenvalue weighted by atomic mass is 16.1. The number of carbonyl (C=O) groups is 1. The second kappa shape index (κ2) is 7.64. The van der Waals surface area contributed by atoms with E-state index in [1.807, 2.05) is 0 Å². The second-order valence-electron chi connectivity index (χ2n) is 6.62. The van der Waals surface area contributed by atoms with E-state index in [9.17, 15) is 4.79 Å². The molecule has 4 nitrogen and oxygen atoms in total. The average molecular weight is 313 g/mol. The molecule has 0 bridgehead atoms. The van der Waals surface area contributed by atoms with Crippen molar-refractivity contribution < 1.29 is 4.79 Å². The van der Waals surface area contributed by atoms with Crippen LogP contribution in [0.25, 0.3) is 0 Å². The van der Waals surface area contributed by atoms with Gasteiger partial charge in [-0.3, -0.25) is 4.79 Å². The molecule has 0 aromatic heterocycles. The standard InChI is InChI=1S/C19H27N3O/c1-21-11-13-22(14-12-21)18-10-6-5-9-17(18)15-20-19(23)16-7-3-2-4-8-16/h2-3,5-6,9-10,16H,4,7-8,11-15H2,1H3,(H,20,23)/t16-/m0/s1. The summed E-state index contributed by atoms with van der Waals surface area (Å²) < 4.78 is 0. The van der Waals surface area contributed by atoms with Gasteiger partial charge in [-0.1, -0.05) is 30.4 Å². The number of amides is 1. The number of piperazine rings is 1. The van der Waals surface area contributed by atoms with Crippen LogP contribution in [-0.4, -0.2) is 44.0 Å². The number of anilines is 1. The minimum absolute atomic E-state index is 0.149. The van der Waals surface area contributed by atoms with Crippen molar-refractivity contribution in [2.75, 3.05) is 38.1 Å². The van der Waals surface area contributed by atoms with Crippen molar-refractivity contribution in [2.24, 2.45) is 5.92 Å². The number of para-hydroxylation sites is 1. The molecule has 1 N–H and O–H groups in total. The van der Waals surface area contributed by atoms with Gasteiger partial charge in [0.15, 0.2) is 0 Å². The SMILES string of the molecule is CN1CCN(c2ccccc2CNC(=O)[C@H]2CC=CCC2)CC1. The number of likely N-dealkylation sites (N-methyl/N-ethyl adjacent to an activating group) is 1. The van der Waals surface area contributed by atoms with Crippen LogP contribution in [0.15, 0.2) is 36.4 Å². The Morgan fingerprint density at radius 1 is 1.17 bits per heavy atom. The van der Waals surface area contributed by atoms with E-state index < -0.39 is 0 Å². The molecule has 23 heavy (non-hydrogen) atoms. The first kappa shape index (κ1) is 16.1. The number of rotatable bonds is 4. The van der Waals surface area contributed by atoms with E-state index in [-0.39, 0.29) is 11.8 Å². The quantitative estimate of drug-likeness (QED) is 0.867. The van der Waals surface area contributed by atoms with Crippen molar-refractivity contribution in [2.45, 2.75) is 25.8 Å². The molecular weight excluding hydrogens is 286 g/mol. The minimum atomic E-state index is 0.149. The van der Waals surface area contributed by atoms with Gasteiger partial charge in [-0.15, -0.1) is 0 Å². The smallest absolute Gasteiger partial charge is 0.223 e. The van der Waals surface area contributed by atoms with Gasteiger partial charge in [0.25, 0.3) is 0 Å². The van der Waals surface area contributed by atoms with Crippen molar-refractivity contribution in [1.82, 2.24) is 10.2 Å². The first-order valence-electron chi connectivity index (χ1n) is 8.68. The number of allylic oxidation sites excluding steroid dienone is 2. The van der Waals surface area contributed by atoms with Crippen LogP contribution in [0.3, 0.4) is 0 Å². The molecule has 1 aromatic carbocycles. The summed E-state index contributed by atoms with van der Waals surface area (Å²) in [5.74, 6) is 0.346. The first-order valence-corrected chi connectivity index (χ1v) is 8.68. The fourth-order valence-electron chi connectivity index (χ4n) is 3.37. The third kappa shape index (κ3) is 4.14. The number of carbonyl (C=O) groups excluding carboxylic acids is 1. The van der Waals surface area contributed by atoms with E-state index >= 15 is 0 Å². The Hall–Kier alpha value is -1.81. The Morgan fingerprint density at radius 3 is 2.70 bits per heavy atom. The fourth-order valence-corrected chi connectivity index (χ4v) is 3.37. The lowest BCUT2D eigenvalue weighted by Gasteiger charge is -2.35. The van der Waals surface area contributed by atoms with Crippen LogP contribution in [0.5, 0.6) is 0 Å². The van der Waals surface area contributed by atoms with E-state index in [0.717, 1.165) is 45.4 Å². The molecule has 0 spiro atoms. The topological polar surface area (TPSA) is 35.6 Å². The van der Waals surface area contributed by atoms with Gasteiger partial charge < -0.3 is 15.1 Å². The molecule has 1 saturated heterocycles. The van der Waals surface area contributed by atoms with Gasteiger partial charge in [0.05, 0.1) is 0 Å². The summed E-state index contributed by atoms with van der Waals surface area (Å²) in [6.07, 6.45) is 7.18. The molecule has 0 radical (unpaired) electrons. The maximum Gasteiger partial charge on any atom is 0.223 e. The van der Waals surface area contributed by atoms with E-state index in [1.54, 1.807) is 0 Å². The lowest BCUT2D eigenvalue weighted by atomic mass is 9.93. The third-order valence-electron chi connectivity index (χ3n) is 4.93. The summed E-state index contributed by atoms with van der Waals surface area (Å²) in [5, 5.41) is 3.15. The number of hydrogen-bond donors (Lipinski definition) is 1. The molecule has 4 heteroatoms. The highest BCUT2D eigenvalue weighted by molar-refractivity contribution is 5.79. The maximum atomic E-state index is 12.3. The van der Waals surface area contributed by atoms with E-state index in [4.69, 9.17) is 0 Å². The predicted octanol–water partition coefficient (Wildman–Crippen LogP) is 2.41. The highest BCUT2D eigenvalue weighted by Gasteiger charge is 2.20. The van der Waals surface area contributed by atoms with E-state index in [2.05, 4.69) is 58.6 Å². The van der Waals surface area contributed by atoms with Crippen LogP contribution < -0.4 is 10.2 Å². The largest absolute Gasteiger partial charge is 0.369 e. The summed E-state index contributed by atoms with van der Waals surface area (Å²) in [5.41, 5.74) is 2.49. The average Bonchev–Trinajstić information content (AvgIpc) is 2.61. The molecule has 1 aromatic rings. The molecular formula is C19H27N3O. The van der Waals surface area contributed by atoms with Crippen LogP contribution in [0, 0.1) is 5.92 Å². The number of hydrogen-bond acceptors (Lipinski definition) is 3. The van der Waals surface area contributed by atoms with Gasteiger partial charge in [-0.2, -0.15) is 0 Å². The molecule has 0 saturated carbocycles. The number of nitrogens with one attached hydrogen (secondary N) is 1. The summed E-state index contributed by atoms with van der Waals surface area (Å²) in [6.45, 7) is 4.91. The fraction of sp³-hybridized carbons (Fsp3) is 0.526. The Bertz CT molecular complexity index is 561. The normalized spacial score (nSPS) is 22.1. The van der Waals surface area contributed by atoms with Crippen LogP contribution in [-0.2, 0) is 11.3 Å². The van der Waals surface area contributed by atoms with Crippen molar-refractivity contribution in [1.29, 1.82) is 0 Å². The van der Waals surface area contributed by atoms with Crippen LogP contribution >= 0.6 is 0 Å². The molecule has 1 heterocycles. The van der Waals surface area contributed by atoms with Crippen molar-refractivity contribution in [3.63, 3.8) is 0 Å². The molecule has 1 atom stereocenters. The Morgan fingerprint density at radius 2 is 1.96 bits per heavy atom. The highest BCUT2D eigenvalue weighted by Crippen LogP contribution is 2.22. The summed E-state index contributed by atoms with van der Waals surface area (Å²) >= 11 is 0. The van der Waals surface area contributed by atoms with Crippen LogP contribution in [0.1, 0.15) is 24.8 Å². The molecule has 1 aliphatic heterocycles. The third-order valence-corrected chi connectivity index (χ3v) is 4.93. The van der Waals surface area contributed by atoms with E-state index in [0.29, 0.717) is 6.54 Å². The van der Waals surface area contributed by atoms with E-state index in [1.165, 1.54) is 11.3 Å². The van der Waals surface area contributed by atoms with Gasteiger partial charge >= 0.3 is 0 Å². The zero-order chi connectivity index (χ0) is 16.1. The summed E-state index contributed by atoms with van der Waals surface area (Å²) in [6, 6.07) is 8.46. The molecule has 1 aliphatic carbocycles. The van der Waals surface area contributed by atoms with Crippen molar-refractivity contribution >= 4 is 11.6 Å². The van der Waals surface area contributed by atoms with Gasteiger partial charge in [0.1, 0.15) is 0 Å². The van der Waals surface area contributed by atoms with Crippen molar-refractivity contribution in [3.8, 4) is 0 Å². The zero-order valence-corrected chi connectivity index (χ0v) is 14.0. The van der Waals surface area contributed by atoms with Crippen LogP contribution in [0.4, 0.5) is 5.69 Å². The Balaban J connectivity index is 1.61. The van der Waals surface area contributed by atoms with Crippen LogP contribution in [0.2, 0.25) is 0 Å². The molecule has 2 aliphatic rings. The van der Waals surface area contributed by atoms with Gasteiger partial charge in [0, 0.05) is 44.3 Å². The first-order chi connectivity index (χ1) is 11.2. The number of nitrogens with zero attached hydrogens (tertiary/aromatic N) is 2. The summed E-state index contributed by atoms with van der Waals surface area (Å²) in [4.78, 5) is 17.1. The molecule has 1 fully saturated rings. The maximum absolute atomic E-state index is 12.3. The predicted molar refractivity (Wildman–Crippen MR) is 94.5 cm³/mol. The molecule has 1 amide bonds. The second-order valence-corrected chi connectivity index (χ2v) is 6.62. The monoisotopic (exact) mass is 313 g/mol. The lowest BCUT2D eigenvalue weighted by Crippen LogP contribution is -2.45. The van der Waals surface area contributed by atoms with Gasteiger partial charge in [-0.25, -0.2) is 0 Å². The Kier molecular flexibility index (Phi) is 5.34. The molecule has 3 rings (SSSR count). The molecule has 0 unspecified atom stereocenters. The minimum Gasteiger partial charge on any atom is -0.369 e. The summed E-state index contributed by atoms with van der Waals surface area (Å²) in [7, 11) is 2.17. The number of benzene rings is 1. The Labute approximate surface area is 139 Å². The van der Waals surface area contributed by atoms with Gasteiger partial charge in [-0.05, 0) is 37.9 Å². The molecule has 124 valence electrons. The zero-order valence-electron chi connectivity index (χ0n) is 14.0. The van der Waals surface area contributed by atoms with Gasteiger partial charge in [0.2, 0.25) is 5.91 Å². The lowest BCUT2D eigenvalue weighted by molar-refractivity contribution is -0.125.